The van der Waals surface area contributed by atoms with E-state index < -0.39 is 0 Å². The molecule has 2 aromatic rings. The molecule has 0 radical (unpaired) electrons. The molecule has 0 saturated carbocycles. The third kappa shape index (κ3) is 4.62. The molecular weight excluding hydrogens is 334 g/mol. The van der Waals surface area contributed by atoms with E-state index >= 15 is 0 Å². The van der Waals surface area contributed by atoms with Crippen molar-refractivity contribution in [1.29, 1.82) is 0 Å². The Labute approximate surface area is 134 Å². The van der Waals surface area contributed by atoms with Crippen molar-refractivity contribution in [3.8, 4) is 0 Å². The molecule has 0 aliphatic heterocycles. The van der Waals surface area contributed by atoms with Crippen molar-refractivity contribution in [2.24, 2.45) is 0 Å². The monoisotopic (exact) mass is 351 g/mol. The lowest BCUT2D eigenvalue weighted by molar-refractivity contribution is 0.593. The lowest BCUT2D eigenvalue weighted by Crippen LogP contribution is -2.16. The molecule has 3 heteroatoms. The van der Waals surface area contributed by atoms with E-state index in [9.17, 15) is 0 Å². The van der Waals surface area contributed by atoms with Crippen LogP contribution in [0.15, 0.2) is 53.0 Å². The number of halogens is 2. The van der Waals surface area contributed by atoms with Crippen LogP contribution in [0.25, 0.3) is 0 Å². The lowest BCUT2D eigenvalue weighted by Gasteiger charge is -2.13. The van der Waals surface area contributed by atoms with Crippen LogP contribution in [0.1, 0.15) is 30.4 Å². The van der Waals surface area contributed by atoms with Gasteiger partial charge in [-0.25, -0.2) is 0 Å². The van der Waals surface area contributed by atoms with Gasteiger partial charge in [0.1, 0.15) is 0 Å². The summed E-state index contributed by atoms with van der Waals surface area (Å²) < 4.78 is 1.10. The molecule has 0 saturated heterocycles. The third-order valence-corrected chi connectivity index (χ3v) is 4.45. The van der Waals surface area contributed by atoms with Gasteiger partial charge in [-0.1, -0.05) is 64.8 Å². The molecule has 1 nitrogen and oxygen atoms in total. The smallest absolute Gasteiger partial charge is 0.0410 e. The Balaban J connectivity index is 1.78. The molecule has 0 aliphatic rings. The fourth-order valence-corrected chi connectivity index (χ4v) is 2.75. The third-order valence-electron chi connectivity index (χ3n) is 3.45. The largest absolute Gasteiger partial charge is 0.313 e. The quantitative estimate of drug-likeness (QED) is 0.688. The van der Waals surface area contributed by atoms with Gasteiger partial charge in [0.2, 0.25) is 0 Å². The fraction of sp³-hybridized carbons (Fsp3) is 0.294. The Morgan fingerprint density at radius 2 is 1.90 bits per heavy atom. The lowest BCUT2D eigenvalue weighted by atomic mass is 9.98. The van der Waals surface area contributed by atoms with E-state index in [1.165, 1.54) is 11.1 Å². The van der Waals surface area contributed by atoms with Crippen LogP contribution in [-0.4, -0.2) is 6.54 Å². The molecule has 0 amide bonds. The van der Waals surface area contributed by atoms with Gasteiger partial charge in [-0.15, -0.1) is 0 Å². The molecular formula is C17H19BrClN. The minimum absolute atomic E-state index is 0.575. The van der Waals surface area contributed by atoms with Gasteiger partial charge in [-0.2, -0.15) is 0 Å². The van der Waals surface area contributed by atoms with Crippen molar-refractivity contribution >= 4 is 27.5 Å². The maximum absolute atomic E-state index is 6.01. The highest BCUT2D eigenvalue weighted by molar-refractivity contribution is 9.10. The molecule has 0 bridgehead atoms. The number of hydrogen-bond acceptors (Lipinski definition) is 1. The first kappa shape index (κ1) is 15.6. The predicted octanol–water partition coefficient (Wildman–Crippen LogP) is 5.39. The minimum Gasteiger partial charge on any atom is -0.313 e. The van der Waals surface area contributed by atoms with Gasteiger partial charge in [0.15, 0.2) is 0 Å². The van der Waals surface area contributed by atoms with Gasteiger partial charge in [-0.05, 0) is 48.2 Å². The second-order valence-electron chi connectivity index (χ2n) is 5.01. The van der Waals surface area contributed by atoms with E-state index in [0.29, 0.717) is 5.92 Å². The Morgan fingerprint density at radius 3 is 2.65 bits per heavy atom. The first-order chi connectivity index (χ1) is 9.66. The molecule has 1 N–H and O–H groups in total. The molecule has 0 spiro atoms. The normalized spacial score (nSPS) is 12.3. The zero-order valence-corrected chi connectivity index (χ0v) is 13.9. The van der Waals surface area contributed by atoms with Crippen LogP contribution in [0.2, 0.25) is 5.02 Å². The van der Waals surface area contributed by atoms with Crippen molar-refractivity contribution in [3.63, 3.8) is 0 Å². The average molecular weight is 353 g/mol. The number of nitrogens with one attached hydrogen (secondary N) is 1. The van der Waals surface area contributed by atoms with Gasteiger partial charge >= 0.3 is 0 Å². The molecule has 2 rings (SSSR count). The number of benzene rings is 2. The van der Waals surface area contributed by atoms with Gasteiger partial charge in [-0.3, -0.25) is 0 Å². The Morgan fingerprint density at radius 1 is 1.15 bits per heavy atom. The topological polar surface area (TPSA) is 12.0 Å². The van der Waals surface area contributed by atoms with Crippen molar-refractivity contribution in [1.82, 2.24) is 5.32 Å². The van der Waals surface area contributed by atoms with Crippen LogP contribution >= 0.6 is 27.5 Å². The average Bonchev–Trinajstić information content (AvgIpc) is 2.47. The van der Waals surface area contributed by atoms with E-state index in [1.807, 2.05) is 18.2 Å². The molecule has 2 aromatic carbocycles. The van der Waals surface area contributed by atoms with Crippen LogP contribution in [0.3, 0.4) is 0 Å². The summed E-state index contributed by atoms with van der Waals surface area (Å²) in [5.41, 5.74) is 2.60. The zero-order valence-electron chi connectivity index (χ0n) is 11.6. The molecule has 0 aliphatic carbocycles. The van der Waals surface area contributed by atoms with Gasteiger partial charge < -0.3 is 5.32 Å². The first-order valence-electron chi connectivity index (χ1n) is 6.86. The highest BCUT2D eigenvalue weighted by atomic mass is 79.9. The summed E-state index contributed by atoms with van der Waals surface area (Å²) >= 11 is 9.56. The van der Waals surface area contributed by atoms with E-state index in [4.69, 9.17) is 11.6 Å². The maximum Gasteiger partial charge on any atom is 0.0410 e. The van der Waals surface area contributed by atoms with Crippen molar-refractivity contribution in [2.45, 2.75) is 25.8 Å². The summed E-state index contributed by atoms with van der Waals surface area (Å²) in [4.78, 5) is 0. The molecule has 106 valence electrons. The van der Waals surface area contributed by atoms with Gasteiger partial charge in [0.25, 0.3) is 0 Å². The van der Waals surface area contributed by atoms with Gasteiger partial charge in [0, 0.05) is 16.0 Å². The van der Waals surface area contributed by atoms with E-state index in [-0.39, 0.29) is 0 Å². The van der Waals surface area contributed by atoms with Gasteiger partial charge in [0.05, 0.1) is 0 Å². The van der Waals surface area contributed by atoms with Crippen molar-refractivity contribution < 1.29 is 0 Å². The van der Waals surface area contributed by atoms with Crippen molar-refractivity contribution in [2.75, 3.05) is 6.54 Å². The summed E-state index contributed by atoms with van der Waals surface area (Å²) in [7, 11) is 0. The number of hydrogen-bond donors (Lipinski definition) is 1. The number of rotatable bonds is 6. The summed E-state index contributed by atoms with van der Waals surface area (Å²) in [6.45, 7) is 4.10. The first-order valence-corrected chi connectivity index (χ1v) is 8.03. The maximum atomic E-state index is 6.01. The fourth-order valence-electron chi connectivity index (χ4n) is 2.17. The summed E-state index contributed by atoms with van der Waals surface area (Å²) in [5, 5.41) is 4.26. The van der Waals surface area contributed by atoms with E-state index in [0.717, 1.165) is 29.0 Å². The Hall–Kier alpha value is -0.830. The van der Waals surface area contributed by atoms with Crippen LogP contribution in [0.5, 0.6) is 0 Å². The molecule has 0 heterocycles. The van der Waals surface area contributed by atoms with E-state index in [1.54, 1.807) is 0 Å². The Bertz CT molecular complexity index is 542. The second-order valence-corrected chi connectivity index (χ2v) is 6.30. The summed E-state index contributed by atoms with van der Waals surface area (Å²) in [6.07, 6.45) is 1.13. The van der Waals surface area contributed by atoms with Crippen LogP contribution in [0, 0.1) is 0 Å². The summed E-state index contributed by atoms with van der Waals surface area (Å²) in [6, 6.07) is 16.5. The van der Waals surface area contributed by atoms with Crippen LogP contribution < -0.4 is 5.32 Å². The second kappa shape index (κ2) is 7.82. The highest BCUT2D eigenvalue weighted by Gasteiger charge is 2.05. The van der Waals surface area contributed by atoms with Crippen LogP contribution in [0.4, 0.5) is 0 Å². The molecule has 1 atom stereocenters. The zero-order chi connectivity index (χ0) is 14.4. The minimum atomic E-state index is 0.575. The van der Waals surface area contributed by atoms with Crippen molar-refractivity contribution in [3.05, 3.63) is 69.2 Å². The SMILES string of the molecule is CC(CCNCc1cc(Cl)ccc1Br)c1ccccc1. The standard InChI is InChI=1S/C17H19BrClN/c1-13(14-5-3-2-4-6-14)9-10-20-12-15-11-16(19)7-8-17(15)18/h2-8,11,13,20H,9-10,12H2,1H3. The predicted molar refractivity (Wildman–Crippen MR) is 90.3 cm³/mol. The molecule has 0 fully saturated rings. The molecule has 20 heavy (non-hydrogen) atoms. The van der Waals surface area contributed by atoms with Crippen LogP contribution in [-0.2, 0) is 6.54 Å². The highest BCUT2D eigenvalue weighted by Crippen LogP contribution is 2.21. The summed E-state index contributed by atoms with van der Waals surface area (Å²) in [5.74, 6) is 0.575. The van der Waals surface area contributed by atoms with E-state index in [2.05, 4.69) is 58.5 Å². The molecule has 0 aromatic heterocycles. The molecule has 1 unspecified atom stereocenters. The Kier molecular flexibility index (Phi) is 6.08.